The van der Waals surface area contributed by atoms with Crippen LogP contribution >= 0.6 is 11.3 Å². The highest BCUT2D eigenvalue weighted by Gasteiger charge is 2.63. The van der Waals surface area contributed by atoms with Gasteiger partial charge >= 0.3 is 12.1 Å². The lowest BCUT2D eigenvalue weighted by Gasteiger charge is -2.67. The van der Waals surface area contributed by atoms with E-state index in [9.17, 15) is 18.0 Å². The summed E-state index contributed by atoms with van der Waals surface area (Å²) in [5.74, 6) is 3.89. The maximum Gasteiger partial charge on any atom is 0.491 e. The molecule has 0 saturated heterocycles. The normalized spacial score (nSPS) is 44.0. The molecule has 8 aliphatic rings. The third-order valence-corrected chi connectivity index (χ3v) is 12.1. The van der Waals surface area contributed by atoms with Crippen LogP contribution in [0.15, 0.2) is 11.4 Å². The van der Waals surface area contributed by atoms with Crippen molar-refractivity contribution in [1.29, 1.82) is 0 Å². The van der Waals surface area contributed by atoms with Crippen molar-refractivity contribution < 1.29 is 27.4 Å². The largest absolute Gasteiger partial charge is 0.491 e. The molecular weight excluding hydrogens is 485 g/mol. The van der Waals surface area contributed by atoms with E-state index in [0.717, 1.165) is 35.5 Å². The fourth-order valence-electron chi connectivity index (χ4n) is 11.3. The Hall–Kier alpha value is -1.24. The van der Waals surface area contributed by atoms with Crippen LogP contribution in [-0.2, 0) is 9.53 Å². The second-order valence-corrected chi connectivity index (χ2v) is 14.7. The molecule has 3 nitrogen and oxygen atoms in total. The van der Waals surface area contributed by atoms with Crippen molar-refractivity contribution in [2.24, 2.45) is 46.3 Å². The van der Waals surface area contributed by atoms with Crippen molar-refractivity contribution in [2.45, 2.75) is 102 Å². The lowest BCUT2D eigenvalue weighted by molar-refractivity contribution is -0.214. The average molecular weight is 523 g/mol. The Morgan fingerprint density at radius 2 is 1.28 bits per heavy atom. The first-order valence-electron chi connectivity index (χ1n) is 14.1. The molecule has 1 aromatic heterocycles. The molecule has 0 amide bonds. The van der Waals surface area contributed by atoms with Crippen molar-refractivity contribution in [1.82, 2.24) is 0 Å². The quantitative estimate of drug-likeness (QED) is 0.280. The van der Waals surface area contributed by atoms with Crippen LogP contribution in [0.1, 0.15) is 94.8 Å². The number of hydrogen-bond donors (Lipinski definition) is 0. The molecule has 0 N–H and O–H groups in total. The number of alkyl halides is 3. The molecule has 0 aliphatic heterocycles. The van der Waals surface area contributed by atoms with E-state index in [0.29, 0.717) is 11.7 Å². The van der Waals surface area contributed by atoms with Crippen LogP contribution in [0.2, 0.25) is 0 Å². The summed E-state index contributed by atoms with van der Waals surface area (Å²) in [7, 11) is 0. The van der Waals surface area contributed by atoms with Crippen LogP contribution in [-0.4, -0.2) is 18.4 Å². The molecule has 1 atom stereocenters. The first kappa shape index (κ1) is 23.8. The first-order valence-corrected chi connectivity index (χ1v) is 15.0. The van der Waals surface area contributed by atoms with E-state index in [-0.39, 0.29) is 10.8 Å². The van der Waals surface area contributed by atoms with Gasteiger partial charge in [0.25, 0.3) is 0 Å². The van der Waals surface area contributed by atoms with Gasteiger partial charge in [-0.25, -0.2) is 4.79 Å². The highest BCUT2D eigenvalue weighted by atomic mass is 32.1. The SMILES string of the molecule is CC(OC(=O)C(F)(F)F)Oc1ccsc1C(C12CC3CC(CC(C3)C1)C2)C12CC3CC(CC(C3)C1)C2. The molecule has 0 spiro atoms. The van der Waals surface area contributed by atoms with Crippen molar-refractivity contribution in [3.05, 3.63) is 16.3 Å². The van der Waals surface area contributed by atoms with Gasteiger partial charge in [0, 0.05) is 12.8 Å². The van der Waals surface area contributed by atoms with Crippen LogP contribution < -0.4 is 4.74 Å². The summed E-state index contributed by atoms with van der Waals surface area (Å²) in [5.41, 5.74) is 0.574. The summed E-state index contributed by atoms with van der Waals surface area (Å²) in [6.07, 6.45) is 9.91. The van der Waals surface area contributed by atoms with Crippen LogP contribution in [0.25, 0.3) is 0 Å². The van der Waals surface area contributed by atoms with Crippen LogP contribution in [0, 0.1) is 46.3 Å². The smallest absolute Gasteiger partial charge is 0.454 e. The van der Waals surface area contributed by atoms with Crippen molar-refractivity contribution >= 4 is 17.3 Å². The van der Waals surface area contributed by atoms with E-state index in [4.69, 9.17) is 4.74 Å². The van der Waals surface area contributed by atoms with Crippen molar-refractivity contribution in [2.75, 3.05) is 0 Å². The minimum Gasteiger partial charge on any atom is -0.454 e. The number of carbonyl (C=O) groups is 1. The Morgan fingerprint density at radius 3 is 1.67 bits per heavy atom. The van der Waals surface area contributed by atoms with Gasteiger partial charge in [-0.3, -0.25) is 0 Å². The Bertz CT molecular complexity index is 915. The summed E-state index contributed by atoms with van der Waals surface area (Å²) >= 11 is 1.73. The molecule has 0 aromatic carbocycles. The van der Waals surface area contributed by atoms with Gasteiger partial charge in [0.15, 0.2) is 0 Å². The van der Waals surface area contributed by atoms with Gasteiger partial charge in [0.05, 0.1) is 4.88 Å². The van der Waals surface area contributed by atoms with E-state index in [1.807, 2.05) is 11.4 Å². The summed E-state index contributed by atoms with van der Waals surface area (Å²) < 4.78 is 49.1. The molecule has 8 fully saturated rings. The van der Waals surface area contributed by atoms with E-state index in [1.54, 1.807) is 11.3 Å². The Balaban J connectivity index is 1.26. The van der Waals surface area contributed by atoms with E-state index in [2.05, 4.69) is 4.74 Å². The molecule has 8 bridgehead atoms. The number of rotatable bonds is 6. The number of halogens is 3. The van der Waals surface area contributed by atoms with Gasteiger partial charge in [-0.1, -0.05) is 0 Å². The second-order valence-electron chi connectivity index (χ2n) is 13.7. The van der Waals surface area contributed by atoms with Crippen LogP contribution in [0.4, 0.5) is 13.2 Å². The minimum absolute atomic E-state index is 0.287. The van der Waals surface area contributed by atoms with Crippen molar-refractivity contribution in [3.63, 3.8) is 0 Å². The molecule has 198 valence electrons. The van der Waals surface area contributed by atoms with E-state index >= 15 is 0 Å². The van der Waals surface area contributed by atoms with Gasteiger partial charge in [0.1, 0.15) is 5.75 Å². The Morgan fingerprint density at radius 1 is 0.861 bits per heavy atom. The molecule has 7 heteroatoms. The lowest BCUT2D eigenvalue weighted by Crippen LogP contribution is -2.57. The molecule has 8 aliphatic carbocycles. The fourth-order valence-corrected chi connectivity index (χ4v) is 12.5. The maximum absolute atomic E-state index is 12.8. The zero-order valence-electron chi connectivity index (χ0n) is 21.0. The topological polar surface area (TPSA) is 35.5 Å². The Labute approximate surface area is 215 Å². The van der Waals surface area contributed by atoms with Crippen LogP contribution in [0.5, 0.6) is 5.75 Å². The molecule has 1 heterocycles. The van der Waals surface area contributed by atoms with Gasteiger partial charge < -0.3 is 9.47 Å². The summed E-state index contributed by atoms with van der Waals surface area (Å²) in [5, 5.41) is 2.04. The highest BCUT2D eigenvalue weighted by molar-refractivity contribution is 7.10. The van der Waals surface area contributed by atoms with Gasteiger partial charge in [0.2, 0.25) is 6.29 Å². The summed E-state index contributed by atoms with van der Waals surface area (Å²) in [6.45, 7) is 1.40. The number of carbonyl (C=O) groups excluding carboxylic acids is 1. The molecule has 1 aromatic rings. The van der Waals surface area contributed by atoms with Gasteiger partial charge in [-0.15, -0.1) is 11.3 Å². The highest BCUT2D eigenvalue weighted by Crippen LogP contribution is 2.74. The van der Waals surface area contributed by atoms with E-state index in [1.165, 1.54) is 88.9 Å². The molecule has 1 unspecified atom stereocenters. The standard InChI is InChI=1S/C29H37F3O3S/c1-16(35-26(33)29(30,31)32)34-23-2-3-36-24(23)25(27-10-17-4-18(11-27)6-19(5-17)12-27)28-13-20-7-21(14-28)9-22(8-20)15-28/h2-3,16-22,25H,4-15H2,1H3. The molecule has 9 rings (SSSR count). The summed E-state index contributed by atoms with van der Waals surface area (Å²) in [6, 6.07) is 1.91. The Kier molecular flexibility index (Phi) is 5.38. The molecule has 8 saturated carbocycles. The molecule has 36 heavy (non-hydrogen) atoms. The lowest BCUT2D eigenvalue weighted by atomic mass is 9.38. The fraction of sp³-hybridized carbons (Fsp3) is 0.828. The zero-order valence-corrected chi connectivity index (χ0v) is 21.8. The maximum atomic E-state index is 12.8. The zero-order chi connectivity index (χ0) is 24.9. The monoisotopic (exact) mass is 522 g/mol. The number of thiophene rings is 1. The number of hydrogen-bond acceptors (Lipinski definition) is 4. The summed E-state index contributed by atoms with van der Waals surface area (Å²) in [4.78, 5) is 12.7. The third-order valence-electron chi connectivity index (χ3n) is 11.1. The average Bonchev–Trinajstić information content (AvgIpc) is 3.17. The number of esters is 1. The second kappa shape index (κ2) is 8.13. The first-order chi connectivity index (χ1) is 17.1. The van der Waals surface area contributed by atoms with Gasteiger partial charge in [-0.2, -0.15) is 13.2 Å². The van der Waals surface area contributed by atoms with E-state index < -0.39 is 18.4 Å². The number of ether oxygens (including phenoxy) is 2. The van der Waals surface area contributed by atoms with Crippen LogP contribution in [0.3, 0.4) is 0 Å². The third kappa shape index (κ3) is 3.84. The van der Waals surface area contributed by atoms with Gasteiger partial charge in [-0.05, 0) is 135 Å². The molecule has 0 radical (unpaired) electrons. The predicted molar refractivity (Wildman–Crippen MR) is 131 cm³/mol. The predicted octanol–water partition coefficient (Wildman–Crippen LogP) is 8.09. The molecular formula is C29H37F3O3S. The minimum atomic E-state index is -5.02. The van der Waals surface area contributed by atoms with Crippen molar-refractivity contribution in [3.8, 4) is 5.75 Å².